The smallest absolute Gasteiger partial charge is 0.235 e. The van der Waals surface area contributed by atoms with E-state index in [1.807, 2.05) is 24.3 Å². The highest BCUT2D eigenvalue weighted by atomic mass is 16.5. The lowest BCUT2D eigenvalue weighted by atomic mass is 10.2. The van der Waals surface area contributed by atoms with Crippen LogP contribution in [0.1, 0.15) is 25.3 Å². The van der Waals surface area contributed by atoms with E-state index in [0.29, 0.717) is 13.2 Å². The maximum Gasteiger partial charge on any atom is 0.235 e. The predicted octanol–water partition coefficient (Wildman–Crippen LogP) is 2.70. The van der Waals surface area contributed by atoms with E-state index in [9.17, 15) is 4.79 Å². The Morgan fingerprint density at radius 3 is 2.93 bits per heavy atom. The molecule has 0 bridgehead atoms. The Balaban J connectivity index is 2.63. The van der Waals surface area contributed by atoms with Crippen LogP contribution >= 0.6 is 0 Å². The summed E-state index contributed by atoms with van der Waals surface area (Å²) in [5.41, 5.74) is 0.928. The number of benzene rings is 1. The number of para-hydroxylation sites is 1. The van der Waals surface area contributed by atoms with Gasteiger partial charge in [0, 0.05) is 5.56 Å². The molecule has 3 nitrogen and oxygen atoms in total. The fraction of sp³-hybridized carbons (Fsp3) is 0.417. The summed E-state index contributed by atoms with van der Waals surface area (Å²) in [5, 5.41) is 0. The summed E-state index contributed by atoms with van der Waals surface area (Å²) in [4.78, 5) is 13.6. The van der Waals surface area contributed by atoms with Crippen LogP contribution in [0.2, 0.25) is 0 Å². The summed E-state index contributed by atoms with van der Waals surface area (Å²) in [6.45, 7) is 3.16. The Kier molecular flexibility index (Phi) is 5.20. The molecular formula is C12H15NO2. The molecule has 0 saturated carbocycles. The van der Waals surface area contributed by atoms with Crippen molar-refractivity contribution >= 4 is 6.08 Å². The molecule has 1 aromatic rings. The summed E-state index contributed by atoms with van der Waals surface area (Å²) in [6, 6.07) is 7.62. The number of ether oxygens (including phenoxy) is 1. The minimum Gasteiger partial charge on any atom is -0.493 e. The molecule has 0 saturated heterocycles. The second kappa shape index (κ2) is 6.80. The zero-order valence-electron chi connectivity index (χ0n) is 8.90. The number of carbonyl (C=O) groups excluding carboxylic acids is 1. The van der Waals surface area contributed by atoms with Gasteiger partial charge in [-0.3, -0.25) is 0 Å². The molecule has 0 aliphatic carbocycles. The van der Waals surface area contributed by atoms with Crippen molar-refractivity contribution in [3.8, 4) is 5.75 Å². The van der Waals surface area contributed by atoms with Crippen LogP contribution in [0.15, 0.2) is 29.3 Å². The molecule has 0 aliphatic heterocycles. The number of hydrogen-bond donors (Lipinski definition) is 0. The van der Waals surface area contributed by atoms with E-state index in [4.69, 9.17) is 4.74 Å². The number of isocyanates is 1. The van der Waals surface area contributed by atoms with Gasteiger partial charge in [-0.05, 0) is 12.5 Å². The molecule has 0 spiro atoms. The first-order valence-corrected chi connectivity index (χ1v) is 5.12. The molecule has 0 atom stereocenters. The van der Waals surface area contributed by atoms with Crippen LogP contribution < -0.4 is 4.74 Å². The molecule has 1 rings (SSSR count). The third-order valence-corrected chi connectivity index (χ3v) is 2.04. The first-order valence-electron chi connectivity index (χ1n) is 5.12. The summed E-state index contributed by atoms with van der Waals surface area (Å²) >= 11 is 0. The molecule has 0 N–H and O–H groups in total. The predicted molar refractivity (Wildman–Crippen MR) is 58.7 cm³/mol. The average Bonchev–Trinajstić information content (AvgIpc) is 2.28. The van der Waals surface area contributed by atoms with Crippen molar-refractivity contribution < 1.29 is 9.53 Å². The first-order chi connectivity index (χ1) is 7.38. The van der Waals surface area contributed by atoms with Gasteiger partial charge in [-0.15, -0.1) is 0 Å². The number of nitrogens with zero attached hydrogens (tertiary/aromatic N) is 1. The van der Waals surface area contributed by atoms with Gasteiger partial charge in [0.15, 0.2) is 0 Å². The SMILES string of the molecule is CCCCOc1ccccc1CN=C=O. The molecule has 0 aliphatic rings. The van der Waals surface area contributed by atoms with Gasteiger partial charge in [-0.1, -0.05) is 31.5 Å². The van der Waals surface area contributed by atoms with Crippen LogP contribution in [0.4, 0.5) is 0 Å². The molecule has 0 radical (unpaired) electrons. The monoisotopic (exact) mass is 205 g/mol. The fourth-order valence-corrected chi connectivity index (χ4v) is 1.22. The molecule has 0 unspecified atom stereocenters. The highest BCUT2D eigenvalue weighted by Gasteiger charge is 2.01. The van der Waals surface area contributed by atoms with Gasteiger partial charge >= 0.3 is 0 Å². The standard InChI is InChI=1S/C12H15NO2/c1-2-3-8-15-12-7-5-4-6-11(12)9-13-10-14/h4-7H,2-3,8-9H2,1H3. The molecule has 15 heavy (non-hydrogen) atoms. The van der Waals surface area contributed by atoms with Crippen LogP contribution in [0.25, 0.3) is 0 Å². The molecule has 80 valence electrons. The van der Waals surface area contributed by atoms with Crippen LogP contribution in [0.5, 0.6) is 5.75 Å². The van der Waals surface area contributed by atoms with Gasteiger partial charge in [-0.2, -0.15) is 0 Å². The lowest BCUT2D eigenvalue weighted by molar-refractivity contribution is 0.306. The van der Waals surface area contributed by atoms with E-state index in [1.165, 1.54) is 6.08 Å². The van der Waals surface area contributed by atoms with Gasteiger partial charge in [0.2, 0.25) is 6.08 Å². The highest BCUT2D eigenvalue weighted by molar-refractivity contribution is 5.37. The summed E-state index contributed by atoms with van der Waals surface area (Å²) in [7, 11) is 0. The van der Waals surface area contributed by atoms with Gasteiger partial charge in [0.25, 0.3) is 0 Å². The van der Waals surface area contributed by atoms with Gasteiger partial charge in [-0.25, -0.2) is 9.79 Å². The van der Waals surface area contributed by atoms with E-state index in [0.717, 1.165) is 24.2 Å². The van der Waals surface area contributed by atoms with Crippen molar-refractivity contribution in [3.63, 3.8) is 0 Å². The van der Waals surface area contributed by atoms with Crippen molar-refractivity contribution in [1.29, 1.82) is 0 Å². The largest absolute Gasteiger partial charge is 0.493 e. The maximum atomic E-state index is 10.0. The molecule has 0 heterocycles. The minimum atomic E-state index is 0.339. The zero-order chi connectivity index (χ0) is 10.9. The zero-order valence-corrected chi connectivity index (χ0v) is 8.90. The van der Waals surface area contributed by atoms with Crippen LogP contribution in [0, 0.1) is 0 Å². The van der Waals surface area contributed by atoms with E-state index < -0.39 is 0 Å². The Morgan fingerprint density at radius 1 is 1.40 bits per heavy atom. The average molecular weight is 205 g/mol. The number of hydrogen-bond acceptors (Lipinski definition) is 3. The summed E-state index contributed by atoms with van der Waals surface area (Å²) in [6.07, 6.45) is 3.67. The second-order valence-corrected chi connectivity index (χ2v) is 3.22. The van der Waals surface area contributed by atoms with E-state index in [2.05, 4.69) is 11.9 Å². The van der Waals surface area contributed by atoms with E-state index in [1.54, 1.807) is 0 Å². The van der Waals surface area contributed by atoms with Gasteiger partial charge in [0.1, 0.15) is 5.75 Å². The fourth-order valence-electron chi connectivity index (χ4n) is 1.22. The van der Waals surface area contributed by atoms with Crippen LogP contribution in [-0.4, -0.2) is 12.7 Å². The normalized spacial score (nSPS) is 9.40. The summed E-state index contributed by atoms with van der Waals surface area (Å²) in [5.74, 6) is 0.810. The van der Waals surface area contributed by atoms with Crippen LogP contribution in [0.3, 0.4) is 0 Å². The molecule has 0 amide bonds. The van der Waals surface area contributed by atoms with Crippen molar-refractivity contribution in [3.05, 3.63) is 29.8 Å². The molecular weight excluding hydrogens is 190 g/mol. The lowest BCUT2D eigenvalue weighted by Crippen LogP contribution is -1.99. The lowest BCUT2D eigenvalue weighted by Gasteiger charge is -2.08. The topological polar surface area (TPSA) is 38.7 Å². The number of rotatable bonds is 6. The Bertz CT molecular complexity index is 343. The molecule has 0 fully saturated rings. The number of aliphatic imine (C=N–C) groups is 1. The van der Waals surface area contributed by atoms with Crippen LogP contribution in [-0.2, 0) is 11.3 Å². The van der Waals surface area contributed by atoms with Gasteiger partial charge in [0.05, 0.1) is 13.2 Å². The Morgan fingerprint density at radius 2 is 2.20 bits per heavy atom. The minimum absolute atomic E-state index is 0.339. The summed E-state index contributed by atoms with van der Waals surface area (Å²) < 4.78 is 5.58. The third kappa shape index (κ3) is 3.96. The highest BCUT2D eigenvalue weighted by Crippen LogP contribution is 2.18. The van der Waals surface area contributed by atoms with Crippen molar-refractivity contribution in [1.82, 2.24) is 0 Å². The molecule has 1 aromatic carbocycles. The van der Waals surface area contributed by atoms with E-state index >= 15 is 0 Å². The molecule has 3 heteroatoms. The van der Waals surface area contributed by atoms with Crippen molar-refractivity contribution in [2.45, 2.75) is 26.3 Å². The Hall–Kier alpha value is -1.60. The van der Waals surface area contributed by atoms with Crippen molar-refractivity contribution in [2.24, 2.45) is 4.99 Å². The second-order valence-electron chi connectivity index (χ2n) is 3.22. The first kappa shape index (κ1) is 11.5. The molecule has 0 aromatic heterocycles. The quantitative estimate of drug-likeness (QED) is 0.407. The maximum absolute atomic E-state index is 10.0. The third-order valence-electron chi connectivity index (χ3n) is 2.04. The van der Waals surface area contributed by atoms with Crippen molar-refractivity contribution in [2.75, 3.05) is 6.61 Å². The van der Waals surface area contributed by atoms with E-state index in [-0.39, 0.29) is 0 Å². The number of unbranched alkanes of at least 4 members (excludes halogenated alkanes) is 1. The van der Waals surface area contributed by atoms with Gasteiger partial charge < -0.3 is 4.74 Å². The Labute approximate surface area is 89.8 Å².